The Morgan fingerprint density at radius 2 is 1.88 bits per heavy atom. The second kappa shape index (κ2) is 8.16. The fourth-order valence-electron chi connectivity index (χ4n) is 2.02. The molecule has 0 heterocycles. The van der Waals surface area contributed by atoms with E-state index in [0.717, 1.165) is 17.7 Å². The van der Waals surface area contributed by atoms with E-state index in [1.165, 1.54) is 13.0 Å². The SMILES string of the molecule is Cc1ccc(Cl)cc1NC(=O)C(C)OC(=O)c1cc([N+](=O)[O-])ccc1Cl. The number of rotatable bonds is 5. The van der Waals surface area contributed by atoms with Gasteiger partial charge in [-0.15, -0.1) is 0 Å². The fourth-order valence-corrected chi connectivity index (χ4v) is 2.39. The van der Waals surface area contributed by atoms with Gasteiger partial charge in [-0.3, -0.25) is 14.9 Å². The number of nitrogens with one attached hydrogen (secondary N) is 1. The van der Waals surface area contributed by atoms with Gasteiger partial charge in [0.25, 0.3) is 11.6 Å². The zero-order valence-corrected chi connectivity index (χ0v) is 15.3. The number of anilines is 1. The summed E-state index contributed by atoms with van der Waals surface area (Å²) in [6.07, 6.45) is -1.16. The number of aryl methyl sites for hydroxylation is 1. The molecule has 7 nitrogen and oxygen atoms in total. The average molecular weight is 397 g/mol. The molecule has 2 aromatic rings. The minimum absolute atomic E-state index is 0.0149. The molecule has 0 saturated carbocycles. The monoisotopic (exact) mass is 396 g/mol. The summed E-state index contributed by atoms with van der Waals surface area (Å²) in [5.74, 6) is -1.52. The summed E-state index contributed by atoms with van der Waals surface area (Å²) >= 11 is 11.8. The van der Waals surface area contributed by atoms with Crippen LogP contribution in [0, 0.1) is 17.0 Å². The van der Waals surface area contributed by atoms with E-state index < -0.39 is 22.9 Å². The lowest BCUT2D eigenvalue weighted by Crippen LogP contribution is -2.30. The first-order valence-corrected chi connectivity index (χ1v) is 8.16. The first-order valence-electron chi connectivity index (χ1n) is 7.41. The lowest BCUT2D eigenvalue weighted by atomic mass is 10.2. The Morgan fingerprint density at radius 1 is 1.19 bits per heavy atom. The van der Waals surface area contributed by atoms with E-state index >= 15 is 0 Å². The molecule has 0 aliphatic rings. The third-order valence-electron chi connectivity index (χ3n) is 3.49. The highest BCUT2D eigenvalue weighted by molar-refractivity contribution is 6.33. The molecule has 0 radical (unpaired) electrons. The minimum atomic E-state index is -1.16. The van der Waals surface area contributed by atoms with Crippen LogP contribution < -0.4 is 5.32 Å². The molecule has 2 rings (SSSR count). The predicted molar refractivity (Wildman–Crippen MR) is 97.8 cm³/mol. The lowest BCUT2D eigenvalue weighted by molar-refractivity contribution is -0.384. The van der Waals surface area contributed by atoms with Crippen LogP contribution in [0.15, 0.2) is 36.4 Å². The molecule has 0 fully saturated rings. The maximum Gasteiger partial charge on any atom is 0.340 e. The molecule has 0 aliphatic carbocycles. The average Bonchev–Trinajstić information content (AvgIpc) is 2.58. The quantitative estimate of drug-likeness (QED) is 0.458. The Balaban J connectivity index is 2.11. The van der Waals surface area contributed by atoms with Crippen LogP contribution in [0.1, 0.15) is 22.8 Å². The number of carbonyl (C=O) groups is 2. The van der Waals surface area contributed by atoms with E-state index in [9.17, 15) is 19.7 Å². The maximum absolute atomic E-state index is 12.2. The molecule has 9 heteroatoms. The second-order valence-electron chi connectivity index (χ2n) is 5.42. The third kappa shape index (κ3) is 4.71. The first kappa shape index (κ1) is 19.7. The Labute approximate surface area is 159 Å². The highest BCUT2D eigenvalue weighted by Gasteiger charge is 2.23. The minimum Gasteiger partial charge on any atom is -0.449 e. The first-order chi connectivity index (χ1) is 12.2. The van der Waals surface area contributed by atoms with Crippen LogP contribution in [0.25, 0.3) is 0 Å². The van der Waals surface area contributed by atoms with E-state index in [2.05, 4.69) is 5.32 Å². The summed E-state index contributed by atoms with van der Waals surface area (Å²) in [6, 6.07) is 8.36. The van der Waals surface area contributed by atoms with E-state index in [-0.39, 0.29) is 16.3 Å². The maximum atomic E-state index is 12.2. The van der Waals surface area contributed by atoms with Crippen LogP contribution in [0.2, 0.25) is 10.0 Å². The van der Waals surface area contributed by atoms with Crippen LogP contribution in [0.4, 0.5) is 11.4 Å². The van der Waals surface area contributed by atoms with Crippen LogP contribution in [-0.4, -0.2) is 22.9 Å². The van der Waals surface area contributed by atoms with E-state index in [1.54, 1.807) is 25.1 Å². The van der Waals surface area contributed by atoms with Crippen molar-refractivity contribution >= 4 is 46.5 Å². The van der Waals surface area contributed by atoms with Crippen molar-refractivity contribution in [1.29, 1.82) is 0 Å². The molecule has 0 spiro atoms. The number of nitro benzene ring substituents is 1. The van der Waals surface area contributed by atoms with E-state index in [4.69, 9.17) is 27.9 Å². The van der Waals surface area contributed by atoms with Gasteiger partial charge in [0, 0.05) is 22.8 Å². The molecule has 1 atom stereocenters. The van der Waals surface area contributed by atoms with Crippen molar-refractivity contribution in [3.63, 3.8) is 0 Å². The molecule has 0 bridgehead atoms. The summed E-state index contributed by atoms with van der Waals surface area (Å²) in [5, 5.41) is 13.9. The number of nitrogens with zero attached hydrogens (tertiary/aromatic N) is 1. The summed E-state index contributed by atoms with van der Waals surface area (Å²) in [5.41, 5.74) is 0.759. The van der Waals surface area contributed by atoms with Crippen LogP contribution in [0.5, 0.6) is 0 Å². The third-order valence-corrected chi connectivity index (χ3v) is 4.06. The van der Waals surface area contributed by atoms with Crippen molar-refractivity contribution in [2.24, 2.45) is 0 Å². The van der Waals surface area contributed by atoms with Crippen LogP contribution in [-0.2, 0) is 9.53 Å². The highest BCUT2D eigenvalue weighted by Crippen LogP contribution is 2.24. The molecular formula is C17H14Cl2N2O5. The van der Waals surface area contributed by atoms with Crippen molar-refractivity contribution in [2.75, 3.05) is 5.32 Å². The van der Waals surface area contributed by atoms with Crippen LogP contribution >= 0.6 is 23.2 Å². The zero-order valence-electron chi connectivity index (χ0n) is 13.8. The Hall–Kier alpha value is -2.64. The number of benzene rings is 2. The molecule has 1 unspecified atom stereocenters. The number of amides is 1. The smallest absolute Gasteiger partial charge is 0.340 e. The Morgan fingerprint density at radius 3 is 2.54 bits per heavy atom. The van der Waals surface area contributed by atoms with Gasteiger partial charge in [0.15, 0.2) is 6.10 Å². The van der Waals surface area contributed by atoms with Gasteiger partial charge < -0.3 is 10.1 Å². The van der Waals surface area contributed by atoms with Gasteiger partial charge in [0.05, 0.1) is 15.5 Å². The van der Waals surface area contributed by atoms with Crippen molar-refractivity contribution < 1.29 is 19.2 Å². The normalized spacial score (nSPS) is 11.5. The number of carbonyl (C=O) groups excluding carboxylic acids is 2. The molecular weight excluding hydrogens is 383 g/mol. The number of nitro groups is 1. The summed E-state index contributed by atoms with van der Waals surface area (Å²) in [6.45, 7) is 3.16. The van der Waals surface area contributed by atoms with Gasteiger partial charge in [-0.2, -0.15) is 0 Å². The zero-order chi connectivity index (χ0) is 19.4. The Kier molecular flexibility index (Phi) is 6.18. The van der Waals surface area contributed by atoms with Crippen molar-refractivity contribution in [2.45, 2.75) is 20.0 Å². The number of non-ortho nitro benzene ring substituents is 1. The van der Waals surface area contributed by atoms with Gasteiger partial charge in [-0.1, -0.05) is 29.3 Å². The van der Waals surface area contributed by atoms with E-state index in [1.807, 2.05) is 0 Å². The summed E-state index contributed by atoms with van der Waals surface area (Å²) in [4.78, 5) is 34.6. The van der Waals surface area contributed by atoms with Crippen molar-refractivity contribution in [3.05, 3.63) is 67.7 Å². The van der Waals surface area contributed by atoms with Crippen molar-refractivity contribution in [1.82, 2.24) is 0 Å². The largest absolute Gasteiger partial charge is 0.449 e. The molecule has 0 aromatic heterocycles. The molecule has 1 N–H and O–H groups in total. The fraction of sp³-hybridized carbons (Fsp3) is 0.176. The number of ether oxygens (including phenoxy) is 1. The molecule has 2 aromatic carbocycles. The molecule has 1 amide bonds. The Bertz CT molecular complexity index is 885. The van der Waals surface area contributed by atoms with Crippen molar-refractivity contribution in [3.8, 4) is 0 Å². The van der Waals surface area contributed by atoms with Gasteiger partial charge >= 0.3 is 5.97 Å². The van der Waals surface area contributed by atoms with Gasteiger partial charge in [0.2, 0.25) is 0 Å². The van der Waals surface area contributed by atoms with E-state index in [0.29, 0.717) is 10.7 Å². The number of esters is 1. The lowest BCUT2D eigenvalue weighted by Gasteiger charge is -2.15. The van der Waals surface area contributed by atoms with Gasteiger partial charge in [-0.05, 0) is 37.6 Å². The molecule has 0 saturated heterocycles. The number of hydrogen-bond acceptors (Lipinski definition) is 5. The number of halogens is 2. The molecule has 26 heavy (non-hydrogen) atoms. The van der Waals surface area contributed by atoms with Crippen LogP contribution in [0.3, 0.4) is 0 Å². The second-order valence-corrected chi connectivity index (χ2v) is 6.26. The summed E-state index contributed by atoms with van der Waals surface area (Å²) in [7, 11) is 0. The molecule has 136 valence electrons. The highest BCUT2D eigenvalue weighted by atomic mass is 35.5. The number of hydrogen-bond donors (Lipinski definition) is 1. The standard InChI is InChI=1S/C17H14Cl2N2O5/c1-9-3-4-11(18)7-15(9)20-16(22)10(2)26-17(23)13-8-12(21(24)25)5-6-14(13)19/h3-8,10H,1-2H3,(H,20,22). The summed E-state index contributed by atoms with van der Waals surface area (Å²) < 4.78 is 5.07. The van der Waals surface area contributed by atoms with Gasteiger partial charge in [-0.25, -0.2) is 4.79 Å². The van der Waals surface area contributed by atoms with Gasteiger partial charge in [0.1, 0.15) is 0 Å². The molecule has 0 aliphatic heterocycles. The predicted octanol–water partition coefficient (Wildman–Crippen LogP) is 4.39. The topological polar surface area (TPSA) is 98.5 Å².